The Morgan fingerprint density at radius 3 is 2.50 bits per heavy atom. The van der Waals surface area contributed by atoms with Crippen molar-refractivity contribution in [3.63, 3.8) is 0 Å². The predicted octanol–water partition coefficient (Wildman–Crippen LogP) is 3.44. The molecule has 0 aromatic heterocycles. The number of piperidine rings is 1. The maximum atomic E-state index is 14.0. The van der Waals surface area contributed by atoms with Gasteiger partial charge < -0.3 is 15.3 Å². The van der Waals surface area contributed by atoms with Crippen LogP contribution < -0.4 is 5.32 Å². The number of rotatable bonds is 3. The van der Waals surface area contributed by atoms with Gasteiger partial charge in [-0.15, -0.1) is 0 Å². The van der Waals surface area contributed by atoms with Crippen molar-refractivity contribution in [2.75, 3.05) is 25.5 Å². The van der Waals surface area contributed by atoms with E-state index in [9.17, 15) is 18.7 Å². The van der Waals surface area contributed by atoms with E-state index in [1.807, 2.05) is 26.1 Å². The number of aliphatic hydroxyl groups is 1. The Hall–Kier alpha value is -2.47. The van der Waals surface area contributed by atoms with Gasteiger partial charge in [-0.2, -0.15) is 0 Å². The average Bonchev–Trinajstić information content (AvgIpc) is 2.64. The summed E-state index contributed by atoms with van der Waals surface area (Å²) in [6, 6.07) is 9.24. The number of amides is 1. The van der Waals surface area contributed by atoms with Crippen LogP contribution in [0.25, 0.3) is 0 Å². The van der Waals surface area contributed by atoms with Crippen molar-refractivity contribution in [3.8, 4) is 0 Å². The number of likely N-dealkylation sites (tertiary alicyclic amines) is 1. The summed E-state index contributed by atoms with van der Waals surface area (Å²) in [6.45, 7) is 2.47. The Balaban J connectivity index is 1.74. The fourth-order valence-electron chi connectivity index (χ4n) is 3.47. The normalized spacial score (nSPS) is 16.4. The fourth-order valence-corrected chi connectivity index (χ4v) is 3.47. The summed E-state index contributed by atoms with van der Waals surface area (Å²) in [5, 5.41) is 13.8. The highest BCUT2D eigenvalue weighted by Crippen LogP contribution is 2.35. The molecular weight excluding hydrogens is 338 g/mol. The third-order valence-corrected chi connectivity index (χ3v) is 5.07. The predicted molar refractivity (Wildman–Crippen MR) is 96.1 cm³/mol. The number of hydrogen-bond donors (Lipinski definition) is 2. The van der Waals surface area contributed by atoms with Crippen LogP contribution in [0.3, 0.4) is 0 Å². The van der Waals surface area contributed by atoms with Gasteiger partial charge in [0.25, 0.3) is 5.91 Å². The lowest BCUT2D eigenvalue weighted by molar-refractivity contribution is -0.0240. The third kappa shape index (κ3) is 3.29. The molecular formula is C20H22F2N2O2. The molecule has 1 aliphatic rings. The van der Waals surface area contributed by atoms with Crippen molar-refractivity contribution >= 4 is 11.6 Å². The van der Waals surface area contributed by atoms with E-state index in [4.69, 9.17) is 0 Å². The molecule has 2 aromatic rings. The molecule has 4 nitrogen and oxygen atoms in total. The van der Waals surface area contributed by atoms with Crippen molar-refractivity contribution < 1.29 is 18.7 Å². The van der Waals surface area contributed by atoms with Gasteiger partial charge >= 0.3 is 0 Å². The van der Waals surface area contributed by atoms with Crippen molar-refractivity contribution in [2.24, 2.45) is 0 Å². The molecule has 1 saturated heterocycles. The Bertz CT molecular complexity index is 831. The highest BCUT2D eigenvalue weighted by atomic mass is 19.2. The first-order valence-electron chi connectivity index (χ1n) is 8.60. The average molecular weight is 360 g/mol. The molecule has 138 valence electrons. The number of aryl methyl sites for hydroxylation is 1. The molecule has 0 aliphatic carbocycles. The van der Waals surface area contributed by atoms with Gasteiger partial charge in [0.15, 0.2) is 11.6 Å². The Kier molecular flexibility index (Phi) is 4.96. The van der Waals surface area contributed by atoms with E-state index in [-0.39, 0.29) is 37.4 Å². The van der Waals surface area contributed by atoms with Crippen LogP contribution in [0, 0.1) is 18.6 Å². The zero-order chi connectivity index (χ0) is 18.9. The second-order valence-corrected chi connectivity index (χ2v) is 6.70. The van der Waals surface area contributed by atoms with Crippen molar-refractivity contribution in [2.45, 2.75) is 25.4 Å². The molecule has 6 heteroatoms. The van der Waals surface area contributed by atoms with Gasteiger partial charge in [-0.05, 0) is 49.6 Å². The second-order valence-electron chi connectivity index (χ2n) is 6.70. The molecule has 0 spiro atoms. The van der Waals surface area contributed by atoms with Crippen LogP contribution in [-0.4, -0.2) is 36.1 Å². The summed E-state index contributed by atoms with van der Waals surface area (Å²) in [5.41, 5.74) is 0.988. The SMILES string of the molecule is CNc1ccc(C(=O)N2CCC(O)(c3cccc(F)c3F)CC2)cc1C. The Labute approximate surface area is 151 Å². The van der Waals surface area contributed by atoms with Crippen LogP contribution in [-0.2, 0) is 5.60 Å². The molecule has 1 fully saturated rings. The van der Waals surface area contributed by atoms with Crippen molar-refractivity contribution in [3.05, 3.63) is 64.7 Å². The lowest BCUT2D eigenvalue weighted by Gasteiger charge is -2.38. The molecule has 1 aliphatic heterocycles. The Morgan fingerprint density at radius 1 is 1.19 bits per heavy atom. The number of hydrogen-bond acceptors (Lipinski definition) is 3. The number of carbonyl (C=O) groups is 1. The molecule has 0 unspecified atom stereocenters. The van der Waals surface area contributed by atoms with Gasteiger partial charge in [0.1, 0.15) is 0 Å². The maximum Gasteiger partial charge on any atom is 0.253 e. The molecule has 1 heterocycles. The monoisotopic (exact) mass is 360 g/mol. The first-order chi connectivity index (χ1) is 12.4. The molecule has 0 saturated carbocycles. The van der Waals surface area contributed by atoms with E-state index in [1.165, 1.54) is 12.1 Å². The number of halogens is 2. The summed E-state index contributed by atoms with van der Waals surface area (Å²) < 4.78 is 27.5. The smallest absolute Gasteiger partial charge is 0.253 e. The Morgan fingerprint density at radius 2 is 1.88 bits per heavy atom. The molecule has 26 heavy (non-hydrogen) atoms. The van der Waals surface area contributed by atoms with Crippen LogP contribution in [0.1, 0.15) is 34.3 Å². The maximum absolute atomic E-state index is 14.0. The summed E-state index contributed by atoms with van der Waals surface area (Å²) in [6.07, 6.45) is 0.319. The van der Waals surface area contributed by atoms with Gasteiger partial charge in [0, 0.05) is 37.0 Å². The number of nitrogens with one attached hydrogen (secondary N) is 1. The second kappa shape index (κ2) is 7.03. The largest absolute Gasteiger partial charge is 0.388 e. The van der Waals surface area contributed by atoms with Crippen LogP contribution in [0.5, 0.6) is 0 Å². The molecule has 0 radical (unpaired) electrons. The minimum absolute atomic E-state index is 0.0428. The summed E-state index contributed by atoms with van der Waals surface area (Å²) >= 11 is 0. The van der Waals surface area contributed by atoms with Gasteiger partial charge in [0.05, 0.1) is 5.60 Å². The summed E-state index contributed by atoms with van der Waals surface area (Å²) in [5.74, 6) is -2.12. The standard InChI is InChI=1S/C20H22F2N2O2/c1-13-12-14(6-7-17(13)23-2)19(25)24-10-8-20(26,9-11-24)15-4-3-5-16(21)18(15)22/h3-7,12,23,26H,8-11H2,1-2H3. The number of nitrogens with zero attached hydrogens (tertiary/aromatic N) is 1. The highest BCUT2D eigenvalue weighted by Gasteiger charge is 2.38. The highest BCUT2D eigenvalue weighted by molar-refractivity contribution is 5.95. The number of anilines is 1. The topological polar surface area (TPSA) is 52.6 Å². The summed E-state index contributed by atoms with van der Waals surface area (Å²) in [4.78, 5) is 14.3. The quantitative estimate of drug-likeness (QED) is 0.882. The fraction of sp³-hybridized carbons (Fsp3) is 0.350. The van der Waals surface area contributed by atoms with Gasteiger partial charge in [0.2, 0.25) is 0 Å². The number of carbonyl (C=O) groups excluding carboxylic acids is 1. The van der Waals surface area contributed by atoms with E-state index in [0.29, 0.717) is 5.56 Å². The van der Waals surface area contributed by atoms with Crippen LogP contribution >= 0.6 is 0 Å². The summed E-state index contributed by atoms with van der Waals surface area (Å²) in [7, 11) is 1.82. The van der Waals surface area contributed by atoms with Gasteiger partial charge in [-0.3, -0.25) is 4.79 Å². The van der Waals surface area contributed by atoms with Crippen LogP contribution in [0.2, 0.25) is 0 Å². The van der Waals surface area contributed by atoms with E-state index in [0.717, 1.165) is 17.3 Å². The van der Waals surface area contributed by atoms with E-state index in [2.05, 4.69) is 5.32 Å². The van der Waals surface area contributed by atoms with Crippen molar-refractivity contribution in [1.29, 1.82) is 0 Å². The lowest BCUT2D eigenvalue weighted by Crippen LogP contribution is -2.45. The van der Waals surface area contributed by atoms with Crippen LogP contribution in [0.4, 0.5) is 14.5 Å². The first kappa shape index (κ1) is 18.3. The van der Waals surface area contributed by atoms with Crippen molar-refractivity contribution in [1.82, 2.24) is 4.90 Å². The minimum atomic E-state index is -1.46. The minimum Gasteiger partial charge on any atom is -0.388 e. The lowest BCUT2D eigenvalue weighted by atomic mass is 9.84. The van der Waals surface area contributed by atoms with Crippen LogP contribution in [0.15, 0.2) is 36.4 Å². The first-order valence-corrected chi connectivity index (χ1v) is 8.60. The van der Waals surface area contributed by atoms with Gasteiger partial charge in [-0.25, -0.2) is 8.78 Å². The van der Waals surface area contributed by atoms with E-state index in [1.54, 1.807) is 11.0 Å². The molecule has 1 amide bonds. The molecule has 2 aromatic carbocycles. The molecule has 0 atom stereocenters. The molecule has 3 rings (SSSR count). The third-order valence-electron chi connectivity index (χ3n) is 5.07. The van der Waals surface area contributed by atoms with E-state index >= 15 is 0 Å². The van der Waals surface area contributed by atoms with E-state index < -0.39 is 17.2 Å². The van der Waals surface area contributed by atoms with Gasteiger partial charge in [-0.1, -0.05) is 12.1 Å². The number of benzene rings is 2. The zero-order valence-corrected chi connectivity index (χ0v) is 14.9. The molecule has 2 N–H and O–H groups in total. The molecule has 0 bridgehead atoms. The zero-order valence-electron chi connectivity index (χ0n) is 14.9.